The maximum atomic E-state index is 12.5. The first-order valence-corrected chi connectivity index (χ1v) is 8.24. The molecule has 1 aromatic rings. The molecule has 23 heavy (non-hydrogen) atoms. The van der Waals surface area contributed by atoms with Crippen LogP contribution in [0, 0.1) is 5.41 Å². The third kappa shape index (κ3) is 4.79. The van der Waals surface area contributed by atoms with Crippen molar-refractivity contribution in [3.8, 4) is 0 Å². The number of hydrogen-bond donors (Lipinski definition) is 2. The van der Waals surface area contributed by atoms with Crippen molar-refractivity contribution in [2.45, 2.75) is 39.5 Å². The molecule has 1 atom stereocenters. The predicted octanol–water partition coefficient (Wildman–Crippen LogP) is 2.21. The first-order valence-electron chi connectivity index (χ1n) is 8.24. The van der Waals surface area contributed by atoms with Crippen molar-refractivity contribution < 1.29 is 14.3 Å². The van der Waals surface area contributed by atoms with Gasteiger partial charge in [-0.15, -0.1) is 0 Å². The molecular formula is C18H28N2O3. The molecule has 1 unspecified atom stereocenters. The van der Waals surface area contributed by atoms with Crippen LogP contribution in [0.15, 0.2) is 30.3 Å². The smallest absolute Gasteiger partial charge is 0.315 e. The third-order valence-corrected chi connectivity index (χ3v) is 4.47. The van der Waals surface area contributed by atoms with E-state index in [4.69, 9.17) is 10.5 Å². The van der Waals surface area contributed by atoms with Gasteiger partial charge in [-0.3, -0.25) is 9.59 Å². The lowest BCUT2D eigenvalue weighted by Crippen LogP contribution is -2.47. The van der Waals surface area contributed by atoms with E-state index in [0.29, 0.717) is 26.0 Å². The van der Waals surface area contributed by atoms with E-state index in [2.05, 4.69) is 5.32 Å². The minimum absolute atomic E-state index is 0.102. The monoisotopic (exact) mass is 320 g/mol. The van der Waals surface area contributed by atoms with E-state index in [9.17, 15) is 9.59 Å². The normalized spacial score (nSPS) is 12.5. The fourth-order valence-electron chi connectivity index (χ4n) is 2.60. The molecule has 0 saturated carbocycles. The molecule has 0 radical (unpaired) electrons. The van der Waals surface area contributed by atoms with Crippen molar-refractivity contribution in [1.82, 2.24) is 5.32 Å². The van der Waals surface area contributed by atoms with E-state index >= 15 is 0 Å². The van der Waals surface area contributed by atoms with Gasteiger partial charge >= 0.3 is 5.97 Å². The minimum atomic E-state index is -0.574. The number of amides is 1. The molecule has 1 aromatic carbocycles. The number of benzene rings is 1. The highest BCUT2D eigenvalue weighted by Crippen LogP contribution is 2.25. The summed E-state index contributed by atoms with van der Waals surface area (Å²) in [6, 6.07) is 9.35. The molecule has 0 aromatic heterocycles. The number of ether oxygens (including phenoxy) is 1. The SMILES string of the molecule is CCOC(=O)C(CNC(=O)C(CC)(CC)CN)c1ccccc1. The Kier molecular flexibility index (Phi) is 7.75. The Hall–Kier alpha value is -1.88. The highest BCUT2D eigenvalue weighted by molar-refractivity contribution is 5.84. The van der Waals surface area contributed by atoms with Crippen LogP contribution in [0.1, 0.15) is 45.1 Å². The Labute approximate surface area is 138 Å². The van der Waals surface area contributed by atoms with Gasteiger partial charge in [-0.1, -0.05) is 44.2 Å². The van der Waals surface area contributed by atoms with Crippen molar-refractivity contribution in [2.75, 3.05) is 19.7 Å². The van der Waals surface area contributed by atoms with E-state index in [1.54, 1.807) is 6.92 Å². The molecule has 0 aliphatic heterocycles. The summed E-state index contributed by atoms with van der Waals surface area (Å²) in [6.07, 6.45) is 1.34. The van der Waals surface area contributed by atoms with Gasteiger partial charge < -0.3 is 15.8 Å². The number of esters is 1. The van der Waals surface area contributed by atoms with Crippen LogP contribution in [-0.2, 0) is 14.3 Å². The van der Waals surface area contributed by atoms with Gasteiger partial charge in [-0.05, 0) is 25.3 Å². The molecule has 5 heteroatoms. The van der Waals surface area contributed by atoms with Gasteiger partial charge in [0.2, 0.25) is 5.91 Å². The average Bonchev–Trinajstić information content (AvgIpc) is 2.58. The number of carbonyl (C=O) groups is 2. The number of rotatable bonds is 9. The molecule has 0 bridgehead atoms. The molecule has 0 heterocycles. The molecule has 0 saturated heterocycles. The van der Waals surface area contributed by atoms with E-state index < -0.39 is 11.3 Å². The molecule has 3 N–H and O–H groups in total. The highest BCUT2D eigenvalue weighted by atomic mass is 16.5. The van der Waals surface area contributed by atoms with Crippen molar-refractivity contribution in [3.05, 3.63) is 35.9 Å². The highest BCUT2D eigenvalue weighted by Gasteiger charge is 2.34. The summed E-state index contributed by atoms with van der Waals surface area (Å²) >= 11 is 0. The summed E-state index contributed by atoms with van der Waals surface area (Å²) in [5, 5.41) is 2.89. The lowest BCUT2D eigenvalue weighted by molar-refractivity contribution is -0.145. The number of hydrogen-bond acceptors (Lipinski definition) is 4. The number of nitrogens with one attached hydrogen (secondary N) is 1. The van der Waals surface area contributed by atoms with Crippen LogP contribution in [0.4, 0.5) is 0 Å². The van der Waals surface area contributed by atoms with Gasteiger partial charge in [0.1, 0.15) is 0 Å². The van der Waals surface area contributed by atoms with Crippen molar-refractivity contribution in [1.29, 1.82) is 0 Å². The zero-order chi connectivity index (χ0) is 17.3. The molecule has 0 fully saturated rings. The summed E-state index contributed by atoms with van der Waals surface area (Å²) < 4.78 is 5.14. The average molecular weight is 320 g/mol. The lowest BCUT2D eigenvalue weighted by Gasteiger charge is -2.29. The van der Waals surface area contributed by atoms with Gasteiger partial charge in [0.05, 0.1) is 17.9 Å². The quantitative estimate of drug-likeness (QED) is 0.684. The van der Waals surface area contributed by atoms with Gasteiger partial charge in [0, 0.05) is 13.1 Å². The number of nitrogens with two attached hydrogens (primary N) is 1. The first kappa shape index (κ1) is 19.2. The number of carbonyl (C=O) groups excluding carboxylic acids is 2. The Bertz CT molecular complexity index is 490. The van der Waals surface area contributed by atoms with E-state index in [1.165, 1.54) is 0 Å². The zero-order valence-corrected chi connectivity index (χ0v) is 14.3. The van der Waals surface area contributed by atoms with Gasteiger partial charge in [0.15, 0.2) is 0 Å². The summed E-state index contributed by atoms with van der Waals surface area (Å²) in [7, 11) is 0. The third-order valence-electron chi connectivity index (χ3n) is 4.47. The fraction of sp³-hybridized carbons (Fsp3) is 0.556. The van der Waals surface area contributed by atoms with Crippen LogP contribution in [-0.4, -0.2) is 31.6 Å². The molecule has 0 spiro atoms. The maximum absolute atomic E-state index is 12.5. The molecule has 0 aliphatic rings. The Balaban J connectivity index is 2.86. The van der Waals surface area contributed by atoms with Crippen molar-refractivity contribution in [3.63, 3.8) is 0 Å². The summed E-state index contributed by atoms with van der Waals surface area (Å²) in [4.78, 5) is 24.7. The van der Waals surface area contributed by atoms with Crippen LogP contribution in [0.25, 0.3) is 0 Å². The molecule has 0 aliphatic carbocycles. The Morgan fingerprint density at radius 2 is 1.78 bits per heavy atom. The van der Waals surface area contributed by atoms with Crippen LogP contribution < -0.4 is 11.1 Å². The minimum Gasteiger partial charge on any atom is -0.465 e. The first-order chi connectivity index (χ1) is 11.0. The largest absolute Gasteiger partial charge is 0.465 e. The van der Waals surface area contributed by atoms with E-state index in [-0.39, 0.29) is 18.4 Å². The fourth-order valence-corrected chi connectivity index (χ4v) is 2.60. The van der Waals surface area contributed by atoms with Crippen molar-refractivity contribution >= 4 is 11.9 Å². The van der Waals surface area contributed by atoms with Crippen LogP contribution in [0.3, 0.4) is 0 Å². The van der Waals surface area contributed by atoms with Crippen LogP contribution >= 0.6 is 0 Å². The van der Waals surface area contributed by atoms with Gasteiger partial charge in [-0.2, -0.15) is 0 Å². The molecule has 1 rings (SSSR count). The topological polar surface area (TPSA) is 81.4 Å². The lowest BCUT2D eigenvalue weighted by atomic mass is 9.81. The second-order valence-electron chi connectivity index (χ2n) is 5.62. The second kappa shape index (κ2) is 9.30. The predicted molar refractivity (Wildman–Crippen MR) is 90.9 cm³/mol. The van der Waals surface area contributed by atoms with E-state index in [0.717, 1.165) is 5.56 Å². The molecule has 1 amide bonds. The Morgan fingerprint density at radius 1 is 1.17 bits per heavy atom. The molecular weight excluding hydrogens is 292 g/mol. The van der Waals surface area contributed by atoms with Crippen LogP contribution in [0.2, 0.25) is 0 Å². The standard InChI is InChI=1S/C18H28N2O3/c1-4-18(5-2,13-19)17(22)20-12-15(16(21)23-6-3)14-10-8-7-9-11-14/h7-11,15H,4-6,12-13,19H2,1-3H3,(H,20,22). The maximum Gasteiger partial charge on any atom is 0.315 e. The summed E-state index contributed by atoms with van der Waals surface area (Å²) in [5.41, 5.74) is 6.06. The molecule has 128 valence electrons. The Morgan fingerprint density at radius 3 is 2.26 bits per heavy atom. The zero-order valence-electron chi connectivity index (χ0n) is 14.3. The van der Waals surface area contributed by atoms with Gasteiger partial charge in [0.25, 0.3) is 0 Å². The van der Waals surface area contributed by atoms with Gasteiger partial charge in [-0.25, -0.2) is 0 Å². The van der Waals surface area contributed by atoms with Crippen LogP contribution in [0.5, 0.6) is 0 Å². The molecule has 5 nitrogen and oxygen atoms in total. The second-order valence-corrected chi connectivity index (χ2v) is 5.62. The van der Waals surface area contributed by atoms with E-state index in [1.807, 2.05) is 44.2 Å². The summed E-state index contributed by atoms with van der Waals surface area (Å²) in [6.45, 7) is 6.50. The summed E-state index contributed by atoms with van der Waals surface area (Å²) in [5.74, 6) is -0.940. The van der Waals surface area contributed by atoms with Crippen molar-refractivity contribution in [2.24, 2.45) is 11.1 Å².